The summed E-state index contributed by atoms with van der Waals surface area (Å²) in [4.78, 5) is 28.0. The lowest BCUT2D eigenvalue weighted by atomic mass is 9.87. The number of nitrogens with zero attached hydrogens (tertiary/aromatic N) is 4. The summed E-state index contributed by atoms with van der Waals surface area (Å²) in [5, 5.41) is 13.0. The van der Waals surface area contributed by atoms with Crippen molar-refractivity contribution in [2.24, 2.45) is 0 Å². The van der Waals surface area contributed by atoms with Gasteiger partial charge in [0.05, 0.1) is 50.2 Å². The average molecular weight is 805 g/mol. The normalized spacial score (nSPS) is 16.5. The number of aromatic amines is 1. The Kier molecular flexibility index (Phi) is 11.1. The number of nitrogens with one attached hydrogen (secondary N) is 2. The number of rotatable bonds is 10. The van der Waals surface area contributed by atoms with Gasteiger partial charge in [-0.3, -0.25) is 9.59 Å². The van der Waals surface area contributed by atoms with Crippen LogP contribution in [0.2, 0.25) is 0 Å². The Morgan fingerprint density at radius 1 is 0.633 bits per heavy atom. The molecule has 306 valence electrons. The first-order chi connectivity index (χ1) is 29.4. The van der Waals surface area contributed by atoms with Crippen LogP contribution in [0.25, 0.3) is 33.5 Å². The maximum absolute atomic E-state index is 12.6. The molecule has 0 spiro atoms. The molecular formula is C48H48N6O6. The lowest BCUT2D eigenvalue weighted by Crippen LogP contribution is -2.24. The predicted octanol–water partition coefficient (Wildman–Crippen LogP) is 9.39. The van der Waals surface area contributed by atoms with Crippen LogP contribution in [0.1, 0.15) is 74.8 Å². The Hall–Kier alpha value is -6.82. The first kappa shape index (κ1) is 38.7. The number of pyridine rings is 1. The summed E-state index contributed by atoms with van der Waals surface area (Å²) in [6.45, 7) is 0. The number of amides is 1. The second-order valence-corrected chi connectivity index (χ2v) is 15.5. The third-order valence-corrected chi connectivity index (χ3v) is 11.7. The largest absolute Gasteiger partial charge is 0.493 e. The van der Waals surface area contributed by atoms with Gasteiger partial charge in [-0.05, 0) is 117 Å². The van der Waals surface area contributed by atoms with E-state index in [9.17, 15) is 9.59 Å². The van der Waals surface area contributed by atoms with E-state index in [1.165, 1.54) is 25.7 Å². The van der Waals surface area contributed by atoms with E-state index in [-0.39, 0.29) is 29.6 Å². The monoisotopic (exact) mass is 804 g/mol. The molecule has 60 heavy (non-hydrogen) atoms. The topological polar surface area (TPSA) is 135 Å². The molecule has 10 rings (SSSR count). The molecule has 4 aromatic carbocycles. The van der Waals surface area contributed by atoms with Crippen molar-refractivity contribution in [2.45, 2.75) is 75.9 Å². The summed E-state index contributed by atoms with van der Waals surface area (Å²) in [5.41, 5.74) is 6.05. The van der Waals surface area contributed by atoms with Crippen molar-refractivity contribution in [2.75, 3.05) is 19.5 Å². The minimum absolute atomic E-state index is 0.0146. The number of ether oxygens (including phenoxy) is 4. The summed E-state index contributed by atoms with van der Waals surface area (Å²) >= 11 is 0. The quantitative estimate of drug-likeness (QED) is 0.140. The second kappa shape index (κ2) is 17.2. The Bertz CT molecular complexity index is 2660. The first-order valence-electron chi connectivity index (χ1n) is 20.7. The molecule has 1 atom stereocenters. The molecule has 2 fully saturated rings. The zero-order chi connectivity index (χ0) is 41.0. The minimum Gasteiger partial charge on any atom is -0.493 e. The van der Waals surface area contributed by atoms with Gasteiger partial charge in [0.15, 0.2) is 23.0 Å². The van der Waals surface area contributed by atoms with Gasteiger partial charge in [0.2, 0.25) is 11.5 Å². The van der Waals surface area contributed by atoms with Crippen molar-refractivity contribution >= 4 is 22.8 Å². The number of hydrogen-bond acceptors (Lipinski definition) is 8. The molecule has 2 N–H and O–H groups in total. The van der Waals surface area contributed by atoms with Gasteiger partial charge in [-0.2, -0.15) is 10.2 Å². The van der Waals surface area contributed by atoms with Crippen LogP contribution in [0.4, 0.5) is 5.82 Å². The maximum atomic E-state index is 12.6. The molecule has 7 aromatic rings. The molecule has 0 bridgehead atoms. The van der Waals surface area contributed by atoms with Gasteiger partial charge in [-0.25, -0.2) is 9.36 Å². The Labute approximate surface area is 348 Å². The number of fused-ring (bicyclic) bond motifs is 2. The van der Waals surface area contributed by atoms with Crippen molar-refractivity contribution in [1.29, 1.82) is 0 Å². The van der Waals surface area contributed by atoms with Crippen LogP contribution in [0.5, 0.6) is 23.0 Å². The highest BCUT2D eigenvalue weighted by Gasteiger charge is 2.31. The fraction of sp³-hybridized carbons (Fsp3) is 0.292. The highest BCUT2D eigenvalue weighted by atomic mass is 16.5. The minimum atomic E-state index is -0.177. The fourth-order valence-corrected chi connectivity index (χ4v) is 8.62. The number of carbonyl (C=O) groups excluding carboxylic acids is 1. The van der Waals surface area contributed by atoms with Crippen molar-refractivity contribution in [3.05, 3.63) is 137 Å². The summed E-state index contributed by atoms with van der Waals surface area (Å²) in [7, 11) is 3.30. The zero-order valence-electron chi connectivity index (χ0n) is 33.8. The van der Waals surface area contributed by atoms with Gasteiger partial charge in [-0.15, -0.1) is 0 Å². The van der Waals surface area contributed by atoms with Crippen LogP contribution in [0.15, 0.2) is 120 Å². The summed E-state index contributed by atoms with van der Waals surface area (Å²) < 4.78 is 27.1. The number of para-hydroxylation sites is 2. The lowest BCUT2D eigenvalue weighted by Gasteiger charge is -2.25. The number of carbonyl (C=O) groups is 1. The average Bonchev–Trinajstić information content (AvgIpc) is 4.13. The van der Waals surface area contributed by atoms with Gasteiger partial charge < -0.3 is 29.2 Å². The molecule has 1 aliphatic heterocycles. The molecule has 3 aromatic heterocycles. The van der Waals surface area contributed by atoms with E-state index in [1.54, 1.807) is 35.8 Å². The number of benzene rings is 4. The molecule has 3 aliphatic rings. The highest BCUT2D eigenvalue weighted by Crippen LogP contribution is 2.42. The van der Waals surface area contributed by atoms with Crippen LogP contribution in [0, 0.1) is 0 Å². The van der Waals surface area contributed by atoms with Crippen molar-refractivity contribution in [3.8, 4) is 45.5 Å². The van der Waals surface area contributed by atoms with Crippen LogP contribution < -0.4 is 29.8 Å². The molecule has 1 amide bonds. The van der Waals surface area contributed by atoms with Gasteiger partial charge in [-0.1, -0.05) is 48.5 Å². The SMILES string of the molecule is COc1ccc(-c2cc(=O)[nH]c3c2cnn3-c2ccccc2)cc1OC1CCCC1.COc1ccc(C2CC(=O)Nc3c2cnn3-c2ccccc2)cc1OC1CCCC1. The second-order valence-electron chi connectivity index (χ2n) is 15.5. The summed E-state index contributed by atoms with van der Waals surface area (Å²) in [5.74, 6) is 3.53. The van der Waals surface area contributed by atoms with Crippen molar-refractivity contribution < 1.29 is 23.7 Å². The van der Waals surface area contributed by atoms with Gasteiger partial charge >= 0.3 is 0 Å². The smallest absolute Gasteiger partial charge is 0.250 e. The Balaban J connectivity index is 0.000000154. The van der Waals surface area contributed by atoms with E-state index in [0.717, 1.165) is 82.0 Å². The molecule has 12 heteroatoms. The Morgan fingerprint density at radius 3 is 1.85 bits per heavy atom. The van der Waals surface area contributed by atoms with E-state index in [2.05, 4.69) is 20.5 Å². The van der Waals surface area contributed by atoms with Crippen LogP contribution >= 0.6 is 0 Å². The molecule has 1 unspecified atom stereocenters. The van der Waals surface area contributed by atoms with E-state index in [1.807, 2.05) is 103 Å². The standard InChI is InChI=1S/C24H25N3O3.C24H23N3O3/c2*1-29-21-12-11-16(13-22(21)30-18-9-5-6-10-18)19-14-23(28)26-24-20(19)15-25-27(24)17-7-3-2-4-8-17/h2-4,7-8,11-13,15,18-19H,5-6,9-10,14H2,1H3,(H,26,28);2-4,7-8,11-15,18H,5-6,9-10H2,1H3,(H,26,28). The zero-order valence-corrected chi connectivity index (χ0v) is 33.8. The molecular weight excluding hydrogens is 757 g/mol. The highest BCUT2D eigenvalue weighted by molar-refractivity contribution is 5.95. The van der Waals surface area contributed by atoms with E-state index >= 15 is 0 Å². The third-order valence-electron chi connectivity index (χ3n) is 11.7. The summed E-state index contributed by atoms with van der Waals surface area (Å²) in [6, 6.07) is 33.0. The first-order valence-corrected chi connectivity index (χ1v) is 20.7. The van der Waals surface area contributed by atoms with Gasteiger partial charge in [0.1, 0.15) is 11.5 Å². The van der Waals surface area contributed by atoms with Crippen LogP contribution in [-0.2, 0) is 4.79 Å². The molecule has 2 saturated carbocycles. The fourth-order valence-electron chi connectivity index (χ4n) is 8.62. The van der Waals surface area contributed by atoms with E-state index in [4.69, 9.17) is 18.9 Å². The van der Waals surface area contributed by atoms with Crippen LogP contribution in [-0.4, -0.2) is 56.9 Å². The summed E-state index contributed by atoms with van der Waals surface area (Å²) in [6.07, 6.45) is 13.6. The molecule has 2 aliphatic carbocycles. The van der Waals surface area contributed by atoms with Crippen molar-refractivity contribution in [1.82, 2.24) is 24.5 Å². The van der Waals surface area contributed by atoms with Crippen molar-refractivity contribution in [3.63, 3.8) is 0 Å². The molecule has 12 nitrogen and oxygen atoms in total. The van der Waals surface area contributed by atoms with E-state index in [0.29, 0.717) is 23.6 Å². The number of aromatic nitrogens is 5. The number of methoxy groups -OCH3 is 2. The molecule has 4 heterocycles. The molecule has 0 radical (unpaired) electrons. The predicted molar refractivity (Wildman–Crippen MR) is 231 cm³/mol. The number of anilines is 1. The number of hydrogen-bond donors (Lipinski definition) is 2. The Morgan fingerprint density at radius 2 is 1.22 bits per heavy atom. The maximum Gasteiger partial charge on any atom is 0.250 e. The van der Waals surface area contributed by atoms with Gasteiger partial charge in [0, 0.05) is 29.4 Å². The third kappa shape index (κ3) is 7.97. The molecule has 0 saturated heterocycles. The van der Waals surface area contributed by atoms with E-state index < -0.39 is 0 Å². The van der Waals surface area contributed by atoms with Gasteiger partial charge in [0.25, 0.3) is 0 Å². The number of H-pyrrole nitrogens is 1. The van der Waals surface area contributed by atoms with Crippen LogP contribution in [0.3, 0.4) is 0 Å². The lowest BCUT2D eigenvalue weighted by molar-refractivity contribution is -0.116.